The summed E-state index contributed by atoms with van der Waals surface area (Å²) in [7, 11) is -3.92. The summed E-state index contributed by atoms with van der Waals surface area (Å²) in [5, 5.41) is -0.668. The number of nitrogens with one attached hydrogen (secondary N) is 1. The zero-order chi connectivity index (χ0) is 40.5. The summed E-state index contributed by atoms with van der Waals surface area (Å²) < 4.78 is 53.4. The first-order valence-electron chi connectivity index (χ1n) is 18.9. The van der Waals surface area contributed by atoms with Gasteiger partial charge in [0.05, 0.1) is 36.2 Å². The van der Waals surface area contributed by atoms with Crippen molar-refractivity contribution in [3.63, 3.8) is 0 Å². The van der Waals surface area contributed by atoms with E-state index in [9.17, 15) is 41.6 Å². The first kappa shape index (κ1) is 41.8. The van der Waals surface area contributed by atoms with E-state index in [0.717, 1.165) is 0 Å². The summed E-state index contributed by atoms with van der Waals surface area (Å²) >= 11 is 0. The monoisotopic (exact) mass is 785 g/mol. The lowest BCUT2D eigenvalue weighted by molar-refractivity contribution is -0.159. The van der Waals surface area contributed by atoms with Crippen LogP contribution in [0, 0.1) is 29.0 Å². The van der Waals surface area contributed by atoms with Gasteiger partial charge in [-0.3, -0.25) is 33.6 Å². The molecule has 1 unspecified atom stereocenters. The van der Waals surface area contributed by atoms with Crippen LogP contribution in [-0.4, -0.2) is 83.2 Å². The number of allylic oxidation sites excluding steroid dienone is 3. The Balaban J connectivity index is 1.39. The molecule has 55 heavy (non-hydrogen) atoms. The molecule has 3 amide bonds. The normalized spacial score (nSPS) is 24.0. The molecule has 13 nitrogen and oxygen atoms in total. The van der Waals surface area contributed by atoms with Gasteiger partial charge in [0, 0.05) is 37.3 Å². The molecule has 15 heteroatoms. The number of fused-ring (bicyclic) bond motifs is 1. The van der Waals surface area contributed by atoms with Crippen LogP contribution in [0.2, 0.25) is 0 Å². The number of ether oxygens (including phenoxy) is 2. The number of sulfonamides is 1. The highest BCUT2D eigenvalue weighted by atomic mass is 32.2. The number of benzene rings is 1. The summed E-state index contributed by atoms with van der Waals surface area (Å²) in [5.41, 5.74) is -1.27. The van der Waals surface area contributed by atoms with Crippen LogP contribution in [0.3, 0.4) is 0 Å². The van der Waals surface area contributed by atoms with Gasteiger partial charge in [0.1, 0.15) is 17.5 Å². The van der Waals surface area contributed by atoms with Gasteiger partial charge in [-0.15, -0.1) is 6.58 Å². The predicted octanol–water partition coefficient (Wildman–Crippen LogP) is 4.92. The molecule has 0 aromatic heterocycles. The van der Waals surface area contributed by atoms with E-state index in [1.807, 2.05) is 13.8 Å². The van der Waals surface area contributed by atoms with E-state index in [-0.39, 0.29) is 63.4 Å². The highest BCUT2D eigenvalue weighted by molar-refractivity contribution is 7.90. The van der Waals surface area contributed by atoms with Crippen molar-refractivity contribution in [2.45, 2.75) is 122 Å². The SMILES string of the molecule is C=C[C@@H]1C[C@]1(CC(=O)[C@@H]1CC(OC(=O)N2Cc3cccc(F)c3C2)CN1C(=O)[C@H](CCC(=O)/C=C/C(C)C)CC(=O)OC(C)(C)C)C(=O)NS(=O)(=O)C1CC1. The predicted molar refractivity (Wildman–Crippen MR) is 199 cm³/mol. The highest BCUT2D eigenvalue weighted by Crippen LogP contribution is 2.57. The fourth-order valence-electron chi connectivity index (χ4n) is 7.30. The van der Waals surface area contributed by atoms with Gasteiger partial charge in [0.15, 0.2) is 11.6 Å². The van der Waals surface area contributed by atoms with Gasteiger partial charge in [-0.1, -0.05) is 38.1 Å². The van der Waals surface area contributed by atoms with E-state index in [2.05, 4.69) is 11.3 Å². The van der Waals surface area contributed by atoms with E-state index in [0.29, 0.717) is 24.0 Å². The summed E-state index contributed by atoms with van der Waals surface area (Å²) in [6.07, 6.45) is 2.87. The minimum atomic E-state index is -3.92. The molecule has 5 rings (SSSR count). The van der Waals surface area contributed by atoms with Crippen molar-refractivity contribution in [1.82, 2.24) is 14.5 Å². The maximum atomic E-state index is 14.5. The van der Waals surface area contributed by atoms with Crippen LogP contribution in [0.15, 0.2) is 43.0 Å². The van der Waals surface area contributed by atoms with Gasteiger partial charge in [-0.05, 0) is 76.0 Å². The fraction of sp³-hybridized carbons (Fsp3) is 0.600. The summed E-state index contributed by atoms with van der Waals surface area (Å²) in [6.45, 7) is 12.5. The van der Waals surface area contributed by atoms with E-state index in [1.165, 1.54) is 28.0 Å². The van der Waals surface area contributed by atoms with E-state index in [4.69, 9.17) is 9.47 Å². The molecule has 1 N–H and O–H groups in total. The minimum absolute atomic E-state index is 0.0276. The van der Waals surface area contributed by atoms with Crippen molar-refractivity contribution in [2.24, 2.45) is 23.2 Å². The maximum Gasteiger partial charge on any atom is 0.410 e. The molecular formula is C40H52FN3O10S. The second kappa shape index (κ2) is 16.4. The molecular weight excluding hydrogens is 734 g/mol. The van der Waals surface area contributed by atoms with Crippen LogP contribution in [-0.2, 0) is 56.6 Å². The first-order valence-corrected chi connectivity index (χ1v) is 20.4. The number of nitrogens with zero attached hydrogens (tertiary/aromatic N) is 2. The molecule has 3 fully saturated rings. The minimum Gasteiger partial charge on any atom is -0.460 e. The average Bonchev–Trinajstić information content (AvgIpc) is 3.98. The fourth-order valence-corrected chi connectivity index (χ4v) is 8.68. The smallest absolute Gasteiger partial charge is 0.410 e. The van der Waals surface area contributed by atoms with Crippen molar-refractivity contribution in [3.8, 4) is 0 Å². The molecule has 0 bridgehead atoms. The molecule has 4 aliphatic rings. The maximum absolute atomic E-state index is 14.5. The Morgan fingerprint density at radius 2 is 1.82 bits per heavy atom. The van der Waals surface area contributed by atoms with Gasteiger partial charge in [-0.25, -0.2) is 17.6 Å². The number of likely N-dealkylation sites (tertiary alicyclic amines) is 1. The van der Waals surface area contributed by atoms with Crippen molar-refractivity contribution in [2.75, 3.05) is 6.54 Å². The third kappa shape index (κ3) is 10.3. The van der Waals surface area contributed by atoms with Gasteiger partial charge in [-0.2, -0.15) is 0 Å². The zero-order valence-electron chi connectivity index (χ0n) is 32.2. The Hall–Kier alpha value is -4.40. The van der Waals surface area contributed by atoms with E-state index < -0.39 is 92.2 Å². The molecule has 2 saturated carbocycles. The molecule has 1 aromatic rings. The number of esters is 1. The van der Waals surface area contributed by atoms with Crippen LogP contribution < -0.4 is 4.72 Å². The molecule has 5 atom stereocenters. The number of Topliss-reactive ketones (excluding diaryl/α,β-unsaturated/α-hetero) is 1. The number of amides is 3. The Kier molecular flexibility index (Phi) is 12.4. The standard InChI is InChI=1S/C40H52FN3O10S/c1-7-27-19-40(27,37(49)42-55(51,52)30-15-16-30)20-34(46)33-18-29(53-38(50)43-21-26-9-8-10-32(41)31(26)23-43)22-44(33)36(48)25(17-35(47)54-39(4,5)6)12-14-28(45)13-11-24(2)3/h7-11,13,24-25,27,29-30,33H,1,12,14-23H2,2-6H3,(H,42,49)/b13-11+/t25-,27-,29?,33+,40-/m1/s1. The van der Waals surface area contributed by atoms with Crippen LogP contribution in [0.4, 0.5) is 9.18 Å². The Morgan fingerprint density at radius 3 is 2.42 bits per heavy atom. The Morgan fingerprint density at radius 1 is 1.11 bits per heavy atom. The van der Waals surface area contributed by atoms with Gasteiger partial charge < -0.3 is 14.4 Å². The van der Waals surface area contributed by atoms with Crippen LogP contribution in [0.5, 0.6) is 0 Å². The van der Waals surface area contributed by atoms with Crippen molar-refractivity contribution >= 4 is 45.5 Å². The quantitative estimate of drug-likeness (QED) is 0.138. The molecule has 2 heterocycles. The number of carbonyl (C=O) groups excluding carboxylic acids is 6. The number of carbonyl (C=O) groups is 6. The number of ketones is 2. The topological polar surface area (TPSA) is 174 Å². The molecule has 2 aliphatic carbocycles. The second-order valence-corrected chi connectivity index (χ2v) is 18.6. The Labute approximate surface area is 322 Å². The molecule has 300 valence electrons. The van der Waals surface area contributed by atoms with E-state index >= 15 is 0 Å². The van der Waals surface area contributed by atoms with Crippen molar-refractivity contribution in [1.29, 1.82) is 0 Å². The molecule has 2 aliphatic heterocycles. The average molecular weight is 786 g/mol. The summed E-state index contributed by atoms with van der Waals surface area (Å²) in [6, 6.07) is 3.34. The number of hydrogen-bond donors (Lipinski definition) is 1. The van der Waals surface area contributed by atoms with E-state index in [1.54, 1.807) is 39.0 Å². The van der Waals surface area contributed by atoms with Crippen LogP contribution >= 0.6 is 0 Å². The van der Waals surface area contributed by atoms with Crippen LogP contribution in [0.1, 0.15) is 97.1 Å². The molecule has 1 saturated heterocycles. The molecule has 0 spiro atoms. The Bertz CT molecular complexity index is 1870. The first-order chi connectivity index (χ1) is 25.7. The second-order valence-electron chi connectivity index (χ2n) is 16.6. The largest absolute Gasteiger partial charge is 0.460 e. The number of halogens is 1. The third-order valence-electron chi connectivity index (χ3n) is 10.5. The number of rotatable bonds is 16. The van der Waals surface area contributed by atoms with Crippen molar-refractivity contribution in [3.05, 3.63) is 60.0 Å². The number of hydrogen-bond acceptors (Lipinski definition) is 10. The van der Waals surface area contributed by atoms with Crippen LogP contribution in [0.25, 0.3) is 0 Å². The lowest BCUT2D eigenvalue weighted by atomic mass is 9.90. The van der Waals surface area contributed by atoms with Gasteiger partial charge in [0.25, 0.3) is 0 Å². The van der Waals surface area contributed by atoms with Gasteiger partial charge in [0.2, 0.25) is 21.8 Å². The van der Waals surface area contributed by atoms with Gasteiger partial charge >= 0.3 is 12.1 Å². The molecule has 0 radical (unpaired) electrons. The summed E-state index contributed by atoms with van der Waals surface area (Å²) in [5.74, 6) is -4.86. The lowest BCUT2D eigenvalue weighted by Crippen LogP contribution is -2.46. The zero-order valence-corrected chi connectivity index (χ0v) is 33.0. The summed E-state index contributed by atoms with van der Waals surface area (Å²) in [4.78, 5) is 84.1. The molecule has 1 aromatic carbocycles. The highest BCUT2D eigenvalue weighted by Gasteiger charge is 2.61. The third-order valence-corrected chi connectivity index (χ3v) is 12.3. The van der Waals surface area contributed by atoms with Crippen molar-refractivity contribution < 1.29 is 51.0 Å². The lowest BCUT2D eigenvalue weighted by Gasteiger charge is -2.29.